The Morgan fingerprint density at radius 1 is 1.25 bits per heavy atom. The van der Waals surface area contributed by atoms with Crippen LogP contribution in [-0.2, 0) is 9.59 Å². The van der Waals surface area contributed by atoms with E-state index in [1.165, 1.54) is 12.8 Å². The molecule has 0 radical (unpaired) electrons. The van der Waals surface area contributed by atoms with Gasteiger partial charge in [0, 0.05) is 32.5 Å². The summed E-state index contributed by atoms with van der Waals surface area (Å²) in [5, 5.41) is 3.12. The molecule has 132 valence electrons. The molecule has 6 nitrogen and oxygen atoms in total. The fourth-order valence-electron chi connectivity index (χ4n) is 3.74. The lowest BCUT2D eigenvalue weighted by Gasteiger charge is -2.31. The summed E-state index contributed by atoms with van der Waals surface area (Å²) in [7, 11) is 0. The van der Waals surface area contributed by atoms with E-state index in [1.807, 2.05) is 17.0 Å². The molecule has 1 N–H and O–H groups in total. The van der Waals surface area contributed by atoms with E-state index < -0.39 is 0 Å². The SMILES string of the molecule is CC(=O)N1CCC(C(=O)NCC(c2ccco2)N2CCCC2)CC1. The molecule has 3 rings (SSSR count). The van der Waals surface area contributed by atoms with Gasteiger partial charge in [-0.2, -0.15) is 0 Å². The van der Waals surface area contributed by atoms with Gasteiger partial charge in [-0.25, -0.2) is 0 Å². The quantitative estimate of drug-likeness (QED) is 0.892. The Bertz CT molecular complexity index is 544. The molecule has 1 atom stereocenters. The zero-order valence-electron chi connectivity index (χ0n) is 14.4. The van der Waals surface area contributed by atoms with Crippen molar-refractivity contribution >= 4 is 11.8 Å². The van der Waals surface area contributed by atoms with Crippen molar-refractivity contribution in [2.45, 2.75) is 38.6 Å². The van der Waals surface area contributed by atoms with Crippen LogP contribution in [0, 0.1) is 5.92 Å². The third-order valence-corrected chi connectivity index (χ3v) is 5.23. The largest absolute Gasteiger partial charge is 0.468 e. The van der Waals surface area contributed by atoms with Crippen molar-refractivity contribution < 1.29 is 14.0 Å². The van der Waals surface area contributed by atoms with Gasteiger partial charge in [0.25, 0.3) is 0 Å². The zero-order chi connectivity index (χ0) is 16.9. The minimum absolute atomic E-state index is 0.0106. The molecule has 0 bridgehead atoms. The Kier molecular flexibility index (Phi) is 5.56. The summed E-state index contributed by atoms with van der Waals surface area (Å²) in [6.07, 6.45) is 5.60. The zero-order valence-corrected chi connectivity index (χ0v) is 14.4. The summed E-state index contributed by atoms with van der Waals surface area (Å²) in [6.45, 7) is 5.64. The summed E-state index contributed by atoms with van der Waals surface area (Å²) in [5.74, 6) is 1.13. The van der Waals surface area contributed by atoms with Crippen LogP contribution >= 0.6 is 0 Å². The van der Waals surface area contributed by atoms with E-state index in [2.05, 4.69) is 10.2 Å². The van der Waals surface area contributed by atoms with Crippen molar-refractivity contribution in [3.05, 3.63) is 24.2 Å². The molecular weight excluding hydrogens is 306 g/mol. The number of amides is 2. The van der Waals surface area contributed by atoms with Gasteiger partial charge in [0.05, 0.1) is 12.3 Å². The Hall–Kier alpha value is -1.82. The lowest BCUT2D eigenvalue weighted by atomic mass is 9.95. The first kappa shape index (κ1) is 17.0. The third kappa shape index (κ3) is 3.98. The van der Waals surface area contributed by atoms with Gasteiger partial charge in [0.1, 0.15) is 5.76 Å². The van der Waals surface area contributed by atoms with Crippen LogP contribution in [-0.4, -0.2) is 54.3 Å². The topological polar surface area (TPSA) is 65.8 Å². The van der Waals surface area contributed by atoms with Gasteiger partial charge in [-0.3, -0.25) is 14.5 Å². The lowest BCUT2D eigenvalue weighted by Crippen LogP contribution is -2.44. The number of nitrogens with zero attached hydrogens (tertiary/aromatic N) is 2. The summed E-state index contributed by atoms with van der Waals surface area (Å²) >= 11 is 0. The average Bonchev–Trinajstić information content (AvgIpc) is 3.29. The highest BCUT2D eigenvalue weighted by atomic mass is 16.3. The highest BCUT2D eigenvalue weighted by Gasteiger charge is 2.29. The maximum atomic E-state index is 12.5. The Balaban J connectivity index is 1.53. The molecule has 0 aromatic carbocycles. The van der Waals surface area contributed by atoms with Crippen LogP contribution in [0.2, 0.25) is 0 Å². The molecular formula is C18H27N3O3. The second kappa shape index (κ2) is 7.83. The number of rotatable bonds is 5. The van der Waals surface area contributed by atoms with Crippen LogP contribution in [0.15, 0.2) is 22.8 Å². The molecule has 2 saturated heterocycles. The Morgan fingerprint density at radius 2 is 1.96 bits per heavy atom. The second-order valence-electron chi connectivity index (χ2n) is 6.80. The second-order valence-corrected chi connectivity index (χ2v) is 6.80. The van der Waals surface area contributed by atoms with Crippen LogP contribution in [0.5, 0.6) is 0 Å². The van der Waals surface area contributed by atoms with Crippen LogP contribution in [0.25, 0.3) is 0 Å². The van der Waals surface area contributed by atoms with E-state index >= 15 is 0 Å². The first-order valence-electron chi connectivity index (χ1n) is 8.96. The van der Waals surface area contributed by atoms with E-state index in [0.29, 0.717) is 19.6 Å². The molecule has 2 aliphatic heterocycles. The molecule has 0 saturated carbocycles. The van der Waals surface area contributed by atoms with Gasteiger partial charge in [-0.1, -0.05) is 0 Å². The predicted molar refractivity (Wildman–Crippen MR) is 90.2 cm³/mol. The predicted octanol–water partition coefficient (Wildman–Crippen LogP) is 1.79. The van der Waals surface area contributed by atoms with Crippen molar-refractivity contribution in [3.63, 3.8) is 0 Å². The summed E-state index contributed by atoms with van der Waals surface area (Å²) in [5.41, 5.74) is 0. The summed E-state index contributed by atoms with van der Waals surface area (Å²) in [4.78, 5) is 28.1. The lowest BCUT2D eigenvalue weighted by molar-refractivity contribution is -0.134. The van der Waals surface area contributed by atoms with E-state index in [9.17, 15) is 9.59 Å². The normalized spacial score (nSPS) is 21.0. The van der Waals surface area contributed by atoms with Crippen molar-refractivity contribution in [3.8, 4) is 0 Å². The van der Waals surface area contributed by atoms with Gasteiger partial charge in [0.2, 0.25) is 11.8 Å². The smallest absolute Gasteiger partial charge is 0.223 e. The van der Waals surface area contributed by atoms with Crippen LogP contribution < -0.4 is 5.32 Å². The standard InChI is InChI=1S/C18H27N3O3/c1-14(22)20-10-6-15(7-11-20)18(23)19-13-16(17-5-4-12-24-17)21-8-2-3-9-21/h4-5,12,15-16H,2-3,6-11,13H2,1H3,(H,19,23). The number of furan rings is 1. The Morgan fingerprint density at radius 3 is 2.54 bits per heavy atom. The number of piperidine rings is 1. The molecule has 0 spiro atoms. The number of nitrogens with one attached hydrogen (secondary N) is 1. The summed E-state index contributed by atoms with van der Waals surface area (Å²) in [6, 6.07) is 4.00. The Labute approximate surface area is 143 Å². The monoisotopic (exact) mass is 333 g/mol. The van der Waals surface area contributed by atoms with E-state index in [-0.39, 0.29) is 23.8 Å². The maximum absolute atomic E-state index is 12.5. The molecule has 3 heterocycles. The minimum atomic E-state index is 0.0106. The third-order valence-electron chi connectivity index (χ3n) is 5.23. The minimum Gasteiger partial charge on any atom is -0.468 e. The first-order chi connectivity index (χ1) is 11.6. The van der Waals surface area contributed by atoms with Crippen molar-refractivity contribution in [2.75, 3.05) is 32.7 Å². The van der Waals surface area contributed by atoms with E-state index in [0.717, 1.165) is 31.7 Å². The van der Waals surface area contributed by atoms with Gasteiger partial charge in [-0.15, -0.1) is 0 Å². The van der Waals surface area contributed by atoms with Gasteiger partial charge in [0.15, 0.2) is 0 Å². The molecule has 2 amide bonds. The molecule has 1 unspecified atom stereocenters. The van der Waals surface area contributed by atoms with Crippen LogP contribution in [0.3, 0.4) is 0 Å². The maximum Gasteiger partial charge on any atom is 0.223 e. The van der Waals surface area contributed by atoms with Crippen molar-refractivity contribution in [2.24, 2.45) is 5.92 Å². The van der Waals surface area contributed by atoms with E-state index in [4.69, 9.17) is 4.42 Å². The number of hydrogen-bond donors (Lipinski definition) is 1. The first-order valence-corrected chi connectivity index (χ1v) is 8.96. The van der Waals surface area contributed by atoms with Crippen LogP contribution in [0.1, 0.15) is 44.4 Å². The van der Waals surface area contributed by atoms with Gasteiger partial charge < -0.3 is 14.6 Å². The number of carbonyl (C=O) groups is 2. The molecule has 0 aliphatic carbocycles. The fourth-order valence-corrected chi connectivity index (χ4v) is 3.74. The summed E-state index contributed by atoms with van der Waals surface area (Å²) < 4.78 is 5.59. The molecule has 2 aliphatic rings. The number of carbonyl (C=O) groups excluding carboxylic acids is 2. The molecule has 1 aromatic rings. The van der Waals surface area contributed by atoms with Gasteiger partial charge >= 0.3 is 0 Å². The molecule has 2 fully saturated rings. The highest BCUT2D eigenvalue weighted by molar-refractivity contribution is 5.79. The average molecular weight is 333 g/mol. The van der Waals surface area contributed by atoms with Gasteiger partial charge in [-0.05, 0) is 50.9 Å². The number of hydrogen-bond acceptors (Lipinski definition) is 4. The highest BCUT2D eigenvalue weighted by Crippen LogP contribution is 2.25. The van der Waals surface area contributed by atoms with Crippen LogP contribution in [0.4, 0.5) is 0 Å². The fraction of sp³-hybridized carbons (Fsp3) is 0.667. The molecule has 1 aromatic heterocycles. The molecule has 24 heavy (non-hydrogen) atoms. The van der Waals surface area contributed by atoms with E-state index in [1.54, 1.807) is 13.2 Å². The van der Waals surface area contributed by atoms with Crippen molar-refractivity contribution in [1.29, 1.82) is 0 Å². The number of likely N-dealkylation sites (tertiary alicyclic amines) is 2. The molecule has 6 heteroatoms. The van der Waals surface area contributed by atoms with Crippen molar-refractivity contribution in [1.82, 2.24) is 15.1 Å².